The van der Waals surface area contributed by atoms with Crippen LogP contribution in [-0.4, -0.2) is 14.9 Å². The van der Waals surface area contributed by atoms with Gasteiger partial charge < -0.3 is 4.98 Å². The molecule has 1 aromatic carbocycles. The molecule has 2 aromatic rings. The molecule has 2 rings (SSSR count). The standard InChI is InChI=1S/C11H10BrN3O2/c12-10-7-9(15(16)17)3-1-8(10)2-4-11-13-5-6-14-11/h1,3,5-7H,2,4H2,(H,13,14). The van der Waals surface area contributed by atoms with Crippen LogP contribution in [-0.2, 0) is 12.8 Å². The molecule has 0 saturated heterocycles. The minimum Gasteiger partial charge on any atom is -0.349 e. The fraction of sp³-hybridized carbons (Fsp3) is 0.182. The third kappa shape index (κ3) is 2.91. The Morgan fingerprint density at radius 2 is 2.24 bits per heavy atom. The maximum Gasteiger partial charge on any atom is 0.270 e. The van der Waals surface area contributed by atoms with Gasteiger partial charge in [-0.05, 0) is 12.0 Å². The van der Waals surface area contributed by atoms with Crippen LogP contribution in [0, 0.1) is 10.1 Å². The Bertz CT molecular complexity index is 526. The van der Waals surface area contributed by atoms with Gasteiger partial charge >= 0.3 is 0 Å². The first kappa shape index (κ1) is 11.8. The molecule has 0 radical (unpaired) electrons. The third-order valence-corrected chi connectivity index (χ3v) is 3.17. The largest absolute Gasteiger partial charge is 0.349 e. The number of nitro benzene ring substituents is 1. The second-order valence-corrected chi connectivity index (χ2v) is 4.42. The summed E-state index contributed by atoms with van der Waals surface area (Å²) in [6.07, 6.45) is 5.05. The molecule has 1 N–H and O–H groups in total. The van der Waals surface area contributed by atoms with Crippen molar-refractivity contribution in [1.29, 1.82) is 0 Å². The number of H-pyrrole nitrogens is 1. The molecule has 0 aliphatic carbocycles. The second kappa shape index (κ2) is 5.09. The van der Waals surface area contributed by atoms with Crippen molar-refractivity contribution in [3.8, 4) is 0 Å². The molecule has 0 fully saturated rings. The summed E-state index contributed by atoms with van der Waals surface area (Å²) in [6, 6.07) is 4.81. The number of hydrogen-bond donors (Lipinski definition) is 1. The lowest BCUT2D eigenvalue weighted by atomic mass is 10.1. The molecular weight excluding hydrogens is 286 g/mol. The van der Waals surface area contributed by atoms with Gasteiger partial charge in [-0.15, -0.1) is 0 Å². The summed E-state index contributed by atoms with van der Waals surface area (Å²) in [4.78, 5) is 17.3. The highest BCUT2D eigenvalue weighted by Gasteiger charge is 2.09. The van der Waals surface area contributed by atoms with E-state index < -0.39 is 4.92 Å². The maximum atomic E-state index is 10.6. The topological polar surface area (TPSA) is 71.8 Å². The molecule has 1 aromatic heterocycles. The van der Waals surface area contributed by atoms with E-state index in [4.69, 9.17) is 0 Å². The molecular formula is C11H10BrN3O2. The molecule has 0 spiro atoms. The van der Waals surface area contributed by atoms with Crippen molar-refractivity contribution in [3.63, 3.8) is 0 Å². The minimum absolute atomic E-state index is 0.0959. The monoisotopic (exact) mass is 295 g/mol. The van der Waals surface area contributed by atoms with E-state index in [-0.39, 0.29) is 5.69 Å². The van der Waals surface area contributed by atoms with Crippen LogP contribution in [0.5, 0.6) is 0 Å². The number of imidazole rings is 1. The summed E-state index contributed by atoms with van der Waals surface area (Å²) < 4.78 is 0.762. The molecule has 0 unspecified atom stereocenters. The average molecular weight is 296 g/mol. The molecule has 88 valence electrons. The van der Waals surface area contributed by atoms with Gasteiger partial charge in [-0.3, -0.25) is 10.1 Å². The molecule has 17 heavy (non-hydrogen) atoms. The van der Waals surface area contributed by atoms with Gasteiger partial charge in [0.05, 0.1) is 4.92 Å². The Kier molecular flexibility index (Phi) is 3.53. The highest BCUT2D eigenvalue weighted by atomic mass is 79.9. The van der Waals surface area contributed by atoms with Crippen LogP contribution >= 0.6 is 15.9 Å². The van der Waals surface area contributed by atoms with E-state index in [0.717, 1.165) is 28.7 Å². The molecule has 0 bridgehead atoms. The van der Waals surface area contributed by atoms with E-state index in [1.54, 1.807) is 18.5 Å². The predicted molar refractivity (Wildman–Crippen MR) is 66.8 cm³/mol. The van der Waals surface area contributed by atoms with Gasteiger partial charge in [0.2, 0.25) is 0 Å². The Labute approximate surface area is 106 Å². The van der Waals surface area contributed by atoms with Gasteiger partial charge in [0, 0.05) is 35.4 Å². The third-order valence-electron chi connectivity index (χ3n) is 2.43. The minimum atomic E-state index is -0.402. The number of aryl methyl sites for hydroxylation is 2. The number of nitrogens with zero attached hydrogens (tertiary/aromatic N) is 2. The number of nitro groups is 1. The number of rotatable bonds is 4. The first-order valence-corrected chi connectivity index (χ1v) is 5.87. The van der Waals surface area contributed by atoms with E-state index in [0.29, 0.717) is 0 Å². The molecule has 0 saturated carbocycles. The van der Waals surface area contributed by atoms with Crippen molar-refractivity contribution < 1.29 is 4.92 Å². The van der Waals surface area contributed by atoms with E-state index in [9.17, 15) is 10.1 Å². The highest BCUT2D eigenvalue weighted by Crippen LogP contribution is 2.23. The van der Waals surface area contributed by atoms with E-state index in [2.05, 4.69) is 25.9 Å². The zero-order valence-corrected chi connectivity index (χ0v) is 10.5. The Morgan fingerprint density at radius 1 is 1.41 bits per heavy atom. The molecule has 0 aliphatic rings. The van der Waals surface area contributed by atoms with Crippen molar-refractivity contribution in [2.24, 2.45) is 0 Å². The van der Waals surface area contributed by atoms with Crippen LogP contribution in [0.25, 0.3) is 0 Å². The van der Waals surface area contributed by atoms with Crippen molar-refractivity contribution in [2.45, 2.75) is 12.8 Å². The van der Waals surface area contributed by atoms with Gasteiger partial charge in [0.15, 0.2) is 0 Å². The Balaban J connectivity index is 2.09. The number of halogens is 1. The predicted octanol–water partition coefficient (Wildman–Crippen LogP) is 2.87. The first-order chi connectivity index (χ1) is 8.16. The summed E-state index contributed by atoms with van der Waals surface area (Å²) in [5, 5.41) is 10.6. The van der Waals surface area contributed by atoms with Crippen molar-refractivity contribution in [3.05, 3.63) is 56.6 Å². The lowest BCUT2D eigenvalue weighted by Gasteiger charge is -2.03. The zero-order valence-electron chi connectivity index (χ0n) is 8.89. The summed E-state index contributed by atoms with van der Waals surface area (Å²) in [6.45, 7) is 0. The number of non-ortho nitro benzene ring substituents is 1. The number of aromatic amines is 1. The SMILES string of the molecule is O=[N+]([O-])c1ccc(CCc2ncc[nH]2)c(Br)c1. The van der Waals surface area contributed by atoms with E-state index in [1.165, 1.54) is 12.1 Å². The summed E-state index contributed by atoms with van der Waals surface area (Å²) in [5.74, 6) is 0.912. The fourth-order valence-corrected chi connectivity index (χ4v) is 2.11. The van der Waals surface area contributed by atoms with Crippen LogP contribution in [0.4, 0.5) is 5.69 Å². The molecule has 0 amide bonds. The normalized spacial score (nSPS) is 10.4. The molecule has 6 heteroatoms. The van der Waals surface area contributed by atoms with Crippen molar-refractivity contribution in [2.75, 3.05) is 0 Å². The Hall–Kier alpha value is -1.69. The van der Waals surface area contributed by atoms with Gasteiger partial charge in [0.25, 0.3) is 5.69 Å². The lowest BCUT2D eigenvalue weighted by Crippen LogP contribution is -1.95. The quantitative estimate of drug-likeness (QED) is 0.696. The van der Waals surface area contributed by atoms with E-state index >= 15 is 0 Å². The van der Waals surface area contributed by atoms with Gasteiger partial charge in [-0.25, -0.2) is 4.98 Å². The Morgan fingerprint density at radius 3 is 2.82 bits per heavy atom. The fourth-order valence-electron chi connectivity index (χ4n) is 1.54. The number of hydrogen-bond acceptors (Lipinski definition) is 3. The molecule has 5 nitrogen and oxygen atoms in total. The summed E-state index contributed by atoms with van der Waals surface area (Å²) in [5.41, 5.74) is 1.13. The molecule has 0 atom stereocenters. The van der Waals surface area contributed by atoms with Gasteiger partial charge in [0.1, 0.15) is 5.82 Å². The van der Waals surface area contributed by atoms with E-state index in [1.807, 2.05) is 0 Å². The van der Waals surface area contributed by atoms with Gasteiger partial charge in [-0.1, -0.05) is 22.0 Å². The number of nitrogens with one attached hydrogen (secondary N) is 1. The smallest absolute Gasteiger partial charge is 0.270 e. The lowest BCUT2D eigenvalue weighted by molar-refractivity contribution is -0.384. The first-order valence-electron chi connectivity index (χ1n) is 5.08. The summed E-state index contributed by atoms with van der Waals surface area (Å²) in [7, 11) is 0. The van der Waals surface area contributed by atoms with Crippen LogP contribution < -0.4 is 0 Å². The van der Waals surface area contributed by atoms with Crippen molar-refractivity contribution in [1.82, 2.24) is 9.97 Å². The van der Waals surface area contributed by atoms with Gasteiger partial charge in [-0.2, -0.15) is 0 Å². The number of aromatic nitrogens is 2. The van der Waals surface area contributed by atoms with Crippen LogP contribution in [0.1, 0.15) is 11.4 Å². The van der Waals surface area contributed by atoms with Crippen LogP contribution in [0.2, 0.25) is 0 Å². The maximum absolute atomic E-state index is 10.6. The zero-order chi connectivity index (χ0) is 12.3. The molecule has 1 heterocycles. The van der Waals surface area contributed by atoms with Crippen LogP contribution in [0.15, 0.2) is 35.1 Å². The van der Waals surface area contributed by atoms with Crippen LogP contribution in [0.3, 0.4) is 0 Å². The highest BCUT2D eigenvalue weighted by molar-refractivity contribution is 9.10. The second-order valence-electron chi connectivity index (χ2n) is 3.57. The molecule has 0 aliphatic heterocycles. The number of benzene rings is 1. The summed E-state index contributed by atoms with van der Waals surface area (Å²) >= 11 is 3.34. The average Bonchev–Trinajstić information content (AvgIpc) is 2.80. The van der Waals surface area contributed by atoms with Crippen molar-refractivity contribution >= 4 is 21.6 Å².